The van der Waals surface area contributed by atoms with E-state index >= 15 is 0 Å². The van der Waals surface area contributed by atoms with Crippen molar-refractivity contribution in [2.24, 2.45) is 0 Å². The topological polar surface area (TPSA) is 45.2 Å². The summed E-state index contributed by atoms with van der Waals surface area (Å²) in [5, 5.41) is 11.5. The van der Waals surface area contributed by atoms with Crippen molar-refractivity contribution >= 4 is 11.6 Å². The van der Waals surface area contributed by atoms with Crippen LogP contribution in [0.25, 0.3) is 0 Å². The van der Waals surface area contributed by atoms with Crippen LogP contribution in [0.5, 0.6) is 11.5 Å². The van der Waals surface area contributed by atoms with Crippen molar-refractivity contribution in [2.45, 2.75) is 44.2 Å². The van der Waals surface area contributed by atoms with Gasteiger partial charge >= 0.3 is 0 Å². The molecule has 0 aliphatic carbocycles. The van der Waals surface area contributed by atoms with E-state index in [2.05, 4.69) is 34.1 Å². The molecule has 32 heavy (non-hydrogen) atoms. The van der Waals surface area contributed by atoms with Crippen molar-refractivity contribution in [3.05, 3.63) is 59.1 Å². The molecule has 2 aliphatic heterocycles. The first kappa shape index (κ1) is 23.4. The normalized spacial score (nSPS) is 19.6. The lowest BCUT2D eigenvalue weighted by Gasteiger charge is -2.38. The molecule has 2 aliphatic rings. The zero-order chi connectivity index (χ0) is 22.2. The number of piperidine rings is 2. The number of hydrogen-bond acceptors (Lipinski definition) is 5. The number of halogens is 1. The molecule has 2 aromatic carbocycles. The van der Waals surface area contributed by atoms with E-state index in [-0.39, 0.29) is 0 Å². The highest BCUT2D eigenvalue weighted by atomic mass is 35.5. The van der Waals surface area contributed by atoms with Crippen molar-refractivity contribution in [3.8, 4) is 11.5 Å². The van der Waals surface area contributed by atoms with Crippen molar-refractivity contribution in [1.29, 1.82) is 0 Å². The van der Waals surface area contributed by atoms with Crippen LogP contribution < -0.4 is 9.47 Å². The van der Waals surface area contributed by atoms with Crippen LogP contribution >= 0.6 is 11.6 Å². The van der Waals surface area contributed by atoms with Gasteiger partial charge in [0.15, 0.2) is 0 Å². The predicted molar refractivity (Wildman–Crippen MR) is 129 cm³/mol. The van der Waals surface area contributed by atoms with Gasteiger partial charge in [0.05, 0.1) is 0 Å². The molecule has 0 atom stereocenters. The Kier molecular flexibility index (Phi) is 8.31. The maximum Gasteiger partial charge on any atom is 0.120 e. The van der Waals surface area contributed by atoms with Gasteiger partial charge in [-0.2, -0.15) is 0 Å². The lowest BCUT2D eigenvalue weighted by Crippen LogP contribution is -2.47. The smallest absolute Gasteiger partial charge is 0.120 e. The van der Waals surface area contributed by atoms with Gasteiger partial charge < -0.3 is 14.6 Å². The Hall–Kier alpha value is -1.79. The van der Waals surface area contributed by atoms with E-state index in [1.807, 2.05) is 18.2 Å². The predicted octanol–water partition coefficient (Wildman–Crippen LogP) is 4.61. The standard InChI is InChI=1S/C26H35ClN2O3/c27-23-5-4-6-25(19-23)32-21-26(30)11-15-29(16-12-26)20-22-7-9-24(10-8-22)31-18-17-28-13-2-1-3-14-28/h4-10,19,30H,1-3,11-18,20-21H2. The molecule has 0 bridgehead atoms. The number of aliphatic hydroxyl groups is 1. The van der Waals surface area contributed by atoms with E-state index in [0.29, 0.717) is 30.2 Å². The monoisotopic (exact) mass is 458 g/mol. The molecule has 2 saturated heterocycles. The second-order valence-electron chi connectivity index (χ2n) is 9.14. The minimum atomic E-state index is -0.787. The molecule has 4 rings (SSSR count). The van der Waals surface area contributed by atoms with E-state index in [4.69, 9.17) is 21.1 Å². The number of likely N-dealkylation sites (tertiary alicyclic amines) is 2. The first-order chi connectivity index (χ1) is 15.6. The van der Waals surface area contributed by atoms with Crippen molar-refractivity contribution in [2.75, 3.05) is 45.9 Å². The van der Waals surface area contributed by atoms with Gasteiger partial charge in [0, 0.05) is 31.2 Å². The molecule has 0 unspecified atom stereocenters. The fourth-order valence-corrected chi connectivity index (χ4v) is 4.65. The molecule has 0 spiro atoms. The van der Waals surface area contributed by atoms with Crippen molar-refractivity contribution < 1.29 is 14.6 Å². The Balaban J connectivity index is 1.16. The summed E-state index contributed by atoms with van der Waals surface area (Å²) in [7, 11) is 0. The fraction of sp³-hybridized carbons (Fsp3) is 0.538. The van der Waals surface area contributed by atoms with E-state index in [9.17, 15) is 5.11 Å². The SMILES string of the molecule is OC1(COc2cccc(Cl)c2)CCN(Cc2ccc(OCCN3CCCCC3)cc2)CC1. The molecule has 2 fully saturated rings. The van der Waals surface area contributed by atoms with E-state index < -0.39 is 5.60 Å². The molecule has 5 nitrogen and oxygen atoms in total. The van der Waals surface area contributed by atoms with Gasteiger partial charge in [0.2, 0.25) is 0 Å². The maximum absolute atomic E-state index is 10.9. The summed E-state index contributed by atoms with van der Waals surface area (Å²) in [6.45, 7) is 7.07. The second kappa shape index (κ2) is 11.4. The lowest BCUT2D eigenvalue weighted by atomic mass is 9.92. The highest BCUT2D eigenvalue weighted by Gasteiger charge is 2.33. The minimum absolute atomic E-state index is 0.296. The largest absolute Gasteiger partial charge is 0.492 e. The molecule has 0 amide bonds. The van der Waals surface area contributed by atoms with Gasteiger partial charge in [0.1, 0.15) is 30.3 Å². The minimum Gasteiger partial charge on any atom is -0.492 e. The molecule has 174 valence electrons. The van der Waals surface area contributed by atoms with E-state index in [0.717, 1.165) is 38.5 Å². The molecule has 0 aromatic heterocycles. The summed E-state index contributed by atoms with van der Waals surface area (Å²) in [6.07, 6.45) is 5.40. The Labute approximate surface area is 196 Å². The van der Waals surface area contributed by atoms with Gasteiger partial charge in [-0.1, -0.05) is 36.2 Å². The third-order valence-corrected chi connectivity index (χ3v) is 6.78. The highest BCUT2D eigenvalue weighted by molar-refractivity contribution is 6.30. The average molecular weight is 459 g/mol. The maximum atomic E-state index is 10.9. The number of hydrogen-bond donors (Lipinski definition) is 1. The number of rotatable bonds is 9. The molecule has 0 saturated carbocycles. The Morgan fingerprint density at radius 1 is 0.844 bits per heavy atom. The van der Waals surface area contributed by atoms with Crippen LogP contribution in [0.15, 0.2) is 48.5 Å². The number of ether oxygens (including phenoxy) is 2. The summed E-state index contributed by atoms with van der Waals surface area (Å²) in [5.41, 5.74) is 0.485. The molecular formula is C26H35ClN2O3. The third kappa shape index (κ3) is 7.11. The lowest BCUT2D eigenvalue weighted by molar-refractivity contribution is -0.0537. The summed E-state index contributed by atoms with van der Waals surface area (Å²) in [4.78, 5) is 4.88. The highest BCUT2D eigenvalue weighted by Crippen LogP contribution is 2.26. The zero-order valence-electron chi connectivity index (χ0n) is 18.8. The van der Waals surface area contributed by atoms with Crippen molar-refractivity contribution in [1.82, 2.24) is 9.80 Å². The summed E-state index contributed by atoms with van der Waals surface area (Å²) >= 11 is 6.01. The third-order valence-electron chi connectivity index (χ3n) is 6.54. The molecule has 2 aromatic rings. The van der Waals surface area contributed by atoms with Crippen LogP contribution in [-0.4, -0.2) is 66.4 Å². The van der Waals surface area contributed by atoms with Crippen molar-refractivity contribution in [3.63, 3.8) is 0 Å². The van der Waals surface area contributed by atoms with Gasteiger partial charge in [-0.15, -0.1) is 0 Å². The first-order valence-corrected chi connectivity index (χ1v) is 12.2. The first-order valence-electron chi connectivity index (χ1n) is 11.9. The fourth-order valence-electron chi connectivity index (χ4n) is 4.47. The Bertz CT molecular complexity index is 831. The molecule has 6 heteroatoms. The van der Waals surface area contributed by atoms with Crippen LogP contribution in [0.2, 0.25) is 5.02 Å². The van der Waals surface area contributed by atoms with Gasteiger partial charge in [0.25, 0.3) is 0 Å². The summed E-state index contributed by atoms with van der Waals surface area (Å²) in [5.74, 6) is 1.64. The Morgan fingerprint density at radius 2 is 1.59 bits per heavy atom. The van der Waals surface area contributed by atoms with Gasteiger partial charge in [-0.05, 0) is 74.7 Å². The quantitative estimate of drug-likeness (QED) is 0.594. The summed E-state index contributed by atoms with van der Waals surface area (Å²) < 4.78 is 11.7. The summed E-state index contributed by atoms with van der Waals surface area (Å²) in [6, 6.07) is 15.8. The number of benzene rings is 2. The second-order valence-corrected chi connectivity index (χ2v) is 9.58. The molecule has 0 radical (unpaired) electrons. The van der Waals surface area contributed by atoms with Gasteiger partial charge in [-0.25, -0.2) is 0 Å². The van der Waals surface area contributed by atoms with Gasteiger partial charge in [-0.3, -0.25) is 9.80 Å². The zero-order valence-corrected chi connectivity index (χ0v) is 19.6. The van der Waals surface area contributed by atoms with Crippen LogP contribution in [0.3, 0.4) is 0 Å². The van der Waals surface area contributed by atoms with Crippen LogP contribution in [-0.2, 0) is 6.54 Å². The van der Waals surface area contributed by atoms with Crippen LogP contribution in [0, 0.1) is 0 Å². The molecule has 2 heterocycles. The molecule has 1 N–H and O–H groups in total. The molecular weight excluding hydrogens is 424 g/mol. The van der Waals surface area contributed by atoms with E-state index in [1.54, 1.807) is 6.07 Å². The van der Waals surface area contributed by atoms with Crippen LogP contribution in [0.4, 0.5) is 0 Å². The van der Waals surface area contributed by atoms with E-state index in [1.165, 1.54) is 37.9 Å². The average Bonchev–Trinajstić information content (AvgIpc) is 2.81. The van der Waals surface area contributed by atoms with Crippen LogP contribution in [0.1, 0.15) is 37.7 Å². The Morgan fingerprint density at radius 3 is 2.31 bits per heavy atom. The number of nitrogens with zero attached hydrogens (tertiary/aromatic N) is 2.